The van der Waals surface area contributed by atoms with Crippen LogP contribution in [0.5, 0.6) is 0 Å². The Kier molecular flexibility index (Phi) is 3.09. The largest absolute Gasteiger partial charge is 0.392 e. The lowest BCUT2D eigenvalue weighted by molar-refractivity contribution is -0.128. The van der Waals surface area contributed by atoms with Gasteiger partial charge in [0.1, 0.15) is 0 Å². The third-order valence-electron chi connectivity index (χ3n) is 3.46. The predicted octanol–water partition coefficient (Wildman–Crippen LogP) is 0.543. The number of carbonyl (C=O) groups excluding carboxylic acids is 1. The maximum absolute atomic E-state index is 11.8. The summed E-state index contributed by atoms with van der Waals surface area (Å²) in [5.74, 6) is -0.0692. The molecule has 94 valence electrons. The van der Waals surface area contributed by atoms with Crippen LogP contribution < -0.4 is 11.1 Å². The number of aromatic nitrogens is 1. The van der Waals surface area contributed by atoms with Crippen LogP contribution in [0, 0.1) is 5.41 Å². The first kappa shape index (κ1) is 12.3. The molecule has 1 fully saturated rings. The Hall–Kier alpha value is -1.14. The van der Waals surface area contributed by atoms with E-state index in [1.54, 1.807) is 5.38 Å². The van der Waals surface area contributed by atoms with E-state index in [0.29, 0.717) is 17.2 Å². The summed E-state index contributed by atoms with van der Waals surface area (Å²) in [5, 5.41) is 14.8. The number of nitrogens with one attached hydrogen (secondary N) is 1. The Morgan fingerprint density at radius 1 is 1.76 bits per heavy atom. The van der Waals surface area contributed by atoms with Crippen LogP contribution in [0.4, 0.5) is 5.13 Å². The SMILES string of the molecule is CC1(C)C(O)CC1NC(=O)Cc1csc(N)n1. The molecule has 2 unspecified atom stereocenters. The lowest BCUT2D eigenvalue weighted by Gasteiger charge is -2.49. The fourth-order valence-electron chi connectivity index (χ4n) is 1.96. The third kappa shape index (κ3) is 2.42. The molecule has 1 aliphatic carbocycles. The van der Waals surface area contributed by atoms with Gasteiger partial charge in [0.05, 0.1) is 18.2 Å². The number of rotatable bonds is 3. The fraction of sp³-hybridized carbons (Fsp3) is 0.636. The Morgan fingerprint density at radius 3 is 2.94 bits per heavy atom. The summed E-state index contributed by atoms with van der Waals surface area (Å²) in [6.45, 7) is 3.90. The van der Waals surface area contributed by atoms with E-state index in [-0.39, 0.29) is 29.9 Å². The quantitative estimate of drug-likeness (QED) is 0.735. The first-order valence-corrected chi connectivity index (χ1v) is 6.45. The molecule has 0 bridgehead atoms. The van der Waals surface area contributed by atoms with Gasteiger partial charge < -0.3 is 16.2 Å². The van der Waals surface area contributed by atoms with Gasteiger partial charge in [-0.3, -0.25) is 4.79 Å². The molecule has 2 atom stereocenters. The fourth-order valence-corrected chi connectivity index (χ4v) is 2.52. The van der Waals surface area contributed by atoms with Crippen molar-refractivity contribution in [1.29, 1.82) is 0 Å². The van der Waals surface area contributed by atoms with Crippen LogP contribution in [-0.2, 0) is 11.2 Å². The van der Waals surface area contributed by atoms with Crippen molar-refractivity contribution in [2.24, 2.45) is 5.41 Å². The minimum absolute atomic E-state index is 0.0426. The molecule has 4 N–H and O–H groups in total. The molecule has 1 amide bonds. The Morgan fingerprint density at radius 2 is 2.47 bits per heavy atom. The minimum Gasteiger partial charge on any atom is -0.392 e. The summed E-state index contributed by atoms with van der Waals surface area (Å²) >= 11 is 1.33. The lowest BCUT2D eigenvalue weighted by Crippen LogP contribution is -2.61. The predicted molar refractivity (Wildman–Crippen MR) is 66.6 cm³/mol. The summed E-state index contributed by atoms with van der Waals surface area (Å²) in [4.78, 5) is 15.8. The van der Waals surface area contributed by atoms with Crippen LogP contribution in [-0.4, -0.2) is 28.1 Å². The van der Waals surface area contributed by atoms with E-state index >= 15 is 0 Å². The second-order valence-electron chi connectivity index (χ2n) is 5.05. The number of carbonyl (C=O) groups is 1. The van der Waals surface area contributed by atoms with E-state index < -0.39 is 0 Å². The van der Waals surface area contributed by atoms with Crippen molar-refractivity contribution in [3.63, 3.8) is 0 Å². The van der Waals surface area contributed by atoms with Crippen molar-refractivity contribution in [1.82, 2.24) is 10.3 Å². The Balaban J connectivity index is 1.87. The van der Waals surface area contributed by atoms with E-state index in [0.717, 1.165) is 0 Å². The summed E-state index contributed by atoms with van der Waals surface area (Å²) in [7, 11) is 0. The molecule has 1 saturated carbocycles. The number of amides is 1. The zero-order valence-electron chi connectivity index (χ0n) is 9.93. The molecule has 1 aliphatic rings. The molecule has 0 spiro atoms. The van der Waals surface area contributed by atoms with Crippen molar-refractivity contribution in [2.45, 2.75) is 38.8 Å². The lowest BCUT2D eigenvalue weighted by atomic mass is 9.64. The van der Waals surface area contributed by atoms with Gasteiger partial charge in [-0.25, -0.2) is 4.98 Å². The maximum atomic E-state index is 11.8. The number of thiazole rings is 1. The molecule has 2 rings (SSSR count). The van der Waals surface area contributed by atoms with Gasteiger partial charge in [-0.1, -0.05) is 13.8 Å². The highest BCUT2D eigenvalue weighted by Gasteiger charge is 2.47. The van der Waals surface area contributed by atoms with Crippen LogP contribution in [0.2, 0.25) is 0 Å². The number of nitrogen functional groups attached to an aromatic ring is 1. The molecular weight excluding hydrogens is 238 g/mol. The van der Waals surface area contributed by atoms with E-state index in [1.807, 2.05) is 13.8 Å². The van der Waals surface area contributed by atoms with Crippen molar-refractivity contribution >= 4 is 22.4 Å². The molecule has 1 heterocycles. The van der Waals surface area contributed by atoms with Crippen LogP contribution in [0.25, 0.3) is 0 Å². The van der Waals surface area contributed by atoms with Crippen molar-refractivity contribution in [3.05, 3.63) is 11.1 Å². The van der Waals surface area contributed by atoms with Gasteiger partial charge in [-0.15, -0.1) is 11.3 Å². The summed E-state index contributed by atoms with van der Waals surface area (Å²) < 4.78 is 0. The molecule has 5 nitrogen and oxygen atoms in total. The van der Waals surface area contributed by atoms with Crippen LogP contribution in [0.15, 0.2) is 5.38 Å². The number of nitrogens with two attached hydrogens (primary N) is 1. The minimum atomic E-state index is -0.331. The van der Waals surface area contributed by atoms with Crippen molar-refractivity contribution < 1.29 is 9.90 Å². The number of hydrogen-bond acceptors (Lipinski definition) is 5. The van der Waals surface area contributed by atoms with Crippen LogP contribution in [0.1, 0.15) is 26.0 Å². The molecule has 0 saturated heterocycles. The molecule has 0 aliphatic heterocycles. The average Bonchev–Trinajstić information content (AvgIpc) is 2.63. The Bertz CT molecular complexity index is 430. The summed E-state index contributed by atoms with van der Waals surface area (Å²) in [6.07, 6.45) is 0.539. The number of anilines is 1. The number of nitrogens with zero attached hydrogens (tertiary/aromatic N) is 1. The summed E-state index contributed by atoms with van der Waals surface area (Å²) in [5.41, 5.74) is 5.95. The van der Waals surface area contributed by atoms with E-state index in [2.05, 4.69) is 10.3 Å². The normalized spacial score (nSPS) is 26.3. The van der Waals surface area contributed by atoms with Gasteiger partial charge in [-0.05, 0) is 6.42 Å². The monoisotopic (exact) mass is 255 g/mol. The standard InChI is InChI=1S/C11H17N3O2S/c1-11(2)7(4-8(11)15)14-9(16)3-6-5-17-10(12)13-6/h5,7-8,15H,3-4H2,1-2H3,(H2,12,13)(H,14,16). The highest BCUT2D eigenvalue weighted by atomic mass is 32.1. The van der Waals surface area contributed by atoms with E-state index in [1.165, 1.54) is 11.3 Å². The van der Waals surface area contributed by atoms with Gasteiger partial charge in [0.2, 0.25) is 5.91 Å². The molecule has 0 radical (unpaired) electrons. The molecule has 17 heavy (non-hydrogen) atoms. The number of hydrogen-bond donors (Lipinski definition) is 3. The van der Waals surface area contributed by atoms with Crippen LogP contribution in [0.3, 0.4) is 0 Å². The molecule has 1 aromatic heterocycles. The Labute approximate surface area is 104 Å². The van der Waals surface area contributed by atoms with Crippen molar-refractivity contribution in [3.8, 4) is 0 Å². The number of aliphatic hydroxyl groups is 1. The first-order chi connectivity index (χ1) is 7.89. The summed E-state index contributed by atoms with van der Waals surface area (Å²) in [6, 6.07) is 0.0426. The van der Waals surface area contributed by atoms with Crippen molar-refractivity contribution in [2.75, 3.05) is 5.73 Å². The zero-order valence-corrected chi connectivity index (χ0v) is 10.8. The second-order valence-corrected chi connectivity index (χ2v) is 5.94. The highest BCUT2D eigenvalue weighted by Crippen LogP contribution is 2.40. The van der Waals surface area contributed by atoms with Gasteiger partial charge >= 0.3 is 0 Å². The molecule has 6 heteroatoms. The molecule has 0 aromatic carbocycles. The van der Waals surface area contributed by atoms with Gasteiger partial charge in [0.25, 0.3) is 0 Å². The first-order valence-electron chi connectivity index (χ1n) is 5.57. The van der Waals surface area contributed by atoms with E-state index in [4.69, 9.17) is 5.73 Å². The third-order valence-corrected chi connectivity index (χ3v) is 4.19. The topological polar surface area (TPSA) is 88.2 Å². The highest BCUT2D eigenvalue weighted by molar-refractivity contribution is 7.13. The van der Waals surface area contributed by atoms with Gasteiger partial charge in [0, 0.05) is 16.8 Å². The van der Waals surface area contributed by atoms with Gasteiger partial charge in [0.15, 0.2) is 5.13 Å². The van der Waals surface area contributed by atoms with Gasteiger partial charge in [-0.2, -0.15) is 0 Å². The van der Waals surface area contributed by atoms with E-state index in [9.17, 15) is 9.90 Å². The molecular formula is C11H17N3O2S. The number of aliphatic hydroxyl groups excluding tert-OH is 1. The smallest absolute Gasteiger partial charge is 0.226 e. The average molecular weight is 255 g/mol. The second kappa shape index (κ2) is 4.27. The maximum Gasteiger partial charge on any atom is 0.226 e. The zero-order chi connectivity index (χ0) is 12.6. The van der Waals surface area contributed by atoms with Crippen LogP contribution >= 0.6 is 11.3 Å². The molecule has 1 aromatic rings.